The van der Waals surface area contributed by atoms with Crippen LogP contribution >= 0.6 is 0 Å². The Balaban J connectivity index is 1.31. The number of rotatable bonds is 14. The first-order chi connectivity index (χ1) is 23.6. The summed E-state index contributed by atoms with van der Waals surface area (Å²) in [7, 11) is 0. The summed E-state index contributed by atoms with van der Waals surface area (Å²) < 4.78 is 42.2. The number of nitrogens with zero attached hydrogens (tertiary/aromatic N) is 1. The topological polar surface area (TPSA) is 118 Å². The molecule has 2 amide bonds. The Hall–Kier alpha value is -5.42. The van der Waals surface area contributed by atoms with Gasteiger partial charge < -0.3 is 25.7 Å². The van der Waals surface area contributed by atoms with Gasteiger partial charge in [-0.05, 0) is 90.0 Å². The molecule has 0 unspecified atom stereocenters. The number of H-pyrrole nitrogens is 1. The fourth-order valence-corrected chi connectivity index (χ4v) is 5.50. The second-order valence-corrected chi connectivity index (χ2v) is 11.6. The van der Waals surface area contributed by atoms with Gasteiger partial charge in [-0.1, -0.05) is 60.7 Å². The summed E-state index contributed by atoms with van der Waals surface area (Å²) in [4.78, 5) is 42.6. The number of aryl methyl sites for hydroxylation is 1. The highest BCUT2D eigenvalue weighted by molar-refractivity contribution is 5.95. The predicted octanol–water partition coefficient (Wildman–Crippen LogP) is 6.59. The predicted molar refractivity (Wildman–Crippen MR) is 182 cm³/mol. The number of carbonyl (C=O) groups excluding carboxylic acids is 3. The maximum Gasteiger partial charge on any atom is 0.491 e. The monoisotopic (exact) mass is 670 g/mol. The fourth-order valence-electron chi connectivity index (χ4n) is 5.50. The lowest BCUT2D eigenvalue weighted by atomic mass is 10.0. The number of alkyl halides is 3. The van der Waals surface area contributed by atoms with Gasteiger partial charge in [0.2, 0.25) is 5.91 Å². The number of esters is 1. The van der Waals surface area contributed by atoms with Crippen LogP contribution in [0.3, 0.4) is 0 Å². The van der Waals surface area contributed by atoms with Crippen LogP contribution in [0.15, 0.2) is 103 Å². The summed E-state index contributed by atoms with van der Waals surface area (Å²) in [6.07, 6.45) is -1.24. The smallest absolute Gasteiger partial charge is 0.420 e. The summed E-state index contributed by atoms with van der Waals surface area (Å²) in [5.74, 6) is -2.73. The number of amides is 2. The zero-order chi connectivity index (χ0) is 34.8. The molecule has 4 N–H and O–H groups in total. The molecule has 11 heteroatoms. The molecule has 5 aromatic rings. The molecule has 0 saturated carbocycles. The number of aromatic amines is 1. The van der Waals surface area contributed by atoms with Crippen molar-refractivity contribution in [3.8, 4) is 16.9 Å². The fraction of sp³-hybridized carbons (Fsp3) is 0.237. The van der Waals surface area contributed by atoms with Crippen molar-refractivity contribution < 1.29 is 32.3 Å². The number of aromatic nitrogens is 1. The molecule has 1 heterocycles. The van der Waals surface area contributed by atoms with E-state index in [2.05, 4.69) is 15.0 Å². The molecule has 49 heavy (non-hydrogen) atoms. The Morgan fingerprint density at radius 1 is 0.837 bits per heavy atom. The molecule has 1 aromatic heterocycles. The number of ether oxygens (including phenoxy) is 1. The summed E-state index contributed by atoms with van der Waals surface area (Å²) in [6.45, 7) is 1.65. The number of halogens is 3. The molecule has 0 aliphatic heterocycles. The lowest BCUT2D eigenvalue weighted by Gasteiger charge is -2.24. The number of hydrogen-bond donors (Lipinski definition) is 3. The number of hydrogen-bond acceptors (Lipinski definition) is 5. The number of carbonyl (C=O) groups is 3. The van der Waals surface area contributed by atoms with E-state index in [1.807, 2.05) is 72.9 Å². The lowest BCUT2D eigenvalue weighted by molar-refractivity contribution is -0.189. The first-order valence-electron chi connectivity index (χ1n) is 16.0. The van der Waals surface area contributed by atoms with Crippen LogP contribution in [0.25, 0.3) is 22.0 Å². The summed E-state index contributed by atoms with van der Waals surface area (Å²) in [5, 5.41) is 3.94. The van der Waals surface area contributed by atoms with E-state index in [1.165, 1.54) is 12.1 Å². The Labute approximate surface area is 282 Å². The molecular formula is C38H37F3N4O4. The molecule has 254 valence electrons. The minimum Gasteiger partial charge on any atom is -0.420 e. The van der Waals surface area contributed by atoms with Crippen LogP contribution in [-0.2, 0) is 29.0 Å². The lowest BCUT2D eigenvalue weighted by Crippen LogP contribution is -2.32. The van der Waals surface area contributed by atoms with Crippen molar-refractivity contribution in [1.29, 1.82) is 0 Å². The molecule has 5 rings (SSSR count). The molecule has 0 aliphatic carbocycles. The van der Waals surface area contributed by atoms with Crippen molar-refractivity contribution in [2.24, 2.45) is 5.73 Å². The quantitative estimate of drug-likeness (QED) is 0.0701. The standard InChI is InChI=1S/C38H37F3N4O4/c39-38(40,41)37(48)49-32-15-12-26(13-16-32)18-21-45(35(46)17-14-31-24-44-34-11-2-1-10-33(31)34)25-27-6-3-7-28(22-27)29-8-4-9-30(23-29)36(47)43-20-5-19-42/h1-4,6-13,15-16,22-24,44H,5,14,17-21,25,42H2,(H,43,47). The largest absolute Gasteiger partial charge is 0.491 e. The van der Waals surface area contributed by atoms with Crippen LogP contribution in [0.1, 0.15) is 39.9 Å². The Morgan fingerprint density at radius 2 is 1.57 bits per heavy atom. The van der Waals surface area contributed by atoms with E-state index < -0.39 is 12.1 Å². The summed E-state index contributed by atoms with van der Waals surface area (Å²) in [6, 6.07) is 28.8. The third-order valence-electron chi connectivity index (χ3n) is 8.10. The third-order valence-corrected chi connectivity index (χ3v) is 8.10. The van der Waals surface area contributed by atoms with Crippen molar-refractivity contribution in [3.63, 3.8) is 0 Å². The average molecular weight is 671 g/mol. The maximum atomic E-state index is 13.8. The SMILES string of the molecule is NCCCNC(=O)c1cccc(-c2cccc(CN(CCc3ccc(OC(=O)C(F)(F)F)cc3)C(=O)CCc3c[nH]c4ccccc34)c2)c1. The van der Waals surface area contributed by atoms with E-state index in [4.69, 9.17) is 5.73 Å². The molecule has 8 nitrogen and oxygen atoms in total. The van der Waals surface area contributed by atoms with Gasteiger partial charge in [0.05, 0.1) is 0 Å². The van der Waals surface area contributed by atoms with Gasteiger partial charge in [0, 0.05) is 48.7 Å². The van der Waals surface area contributed by atoms with E-state index in [0.717, 1.165) is 38.7 Å². The Morgan fingerprint density at radius 3 is 2.33 bits per heavy atom. The van der Waals surface area contributed by atoms with Gasteiger partial charge in [0.1, 0.15) is 5.75 Å². The van der Waals surface area contributed by atoms with Crippen LogP contribution in [0, 0.1) is 0 Å². The zero-order valence-corrected chi connectivity index (χ0v) is 26.8. The molecule has 0 atom stereocenters. The molecule has 0 bridgehead atoms. The molecule has 0 fully saturated rings. The van der Waals surface area contributed by atoms with Gasteiger partial charge in [-0.15, -0.1) is 0 Å². The summed E-state index contributed by atoms with van der Waals surface area (Å²) >= 11 is 0. The van der Waals surface area contributed by atoms with E-state index in [9.17, 15) is 27.6 Å². The van der Waals surface area contributed by atoms with Crippen molar-refractivity contribution >= 4 is 28.7 Å². The molecule has 0 saturated heterocycles. The van der Waals surface area contributed by atoms with Crippen LogP contribution in [0.5, 0.6) is 5.75 Å². The Kier molecular flexibility index (Phi) is 11.5. The van der Waals surface area contributed by atoms with Gasteiger partial charge in [-0.25, -0.2) is 4.79 Å². The van der Waals surface area contributed by atoms with E-state index in [-0.39, 0.29) is 24.0 Å². The number of para-hydroxylation sites is 1. The highest BCUT2D eigenvalue weighted by Crippen LogP contribution is 2.25. The van der Waals surface area contributed by atoms with Crippen molar-refractivity contribution in [1.82, 2.24) is 15.2 Å². The first-order valence-corrected chi connectivity index (χ1v) is 16.0. The van der Waals surface area contributed by atoms with Gasteiger partial charge >= 0.3 is 12.1 Å². The Bertz CT molecular complexity index is 1900. The van der Waals surface area contributed by atoms with Gasteiger partial charge in [-0.3, -0.25) is 9.59 Å². The normalized spacial score (nSPS) is 11.3. The second-order valence-electron chi connectivity index (χ2n) is 11.6. The zero-order valence-electron chi connectivity index (χ0n) is 26.8. The number of benzene rings is 4. The van der Waals surface area contributed by atoms with E-state index in [1.54, 1.807) is 23.1 Å². The van der Waals surface area contributed by atoms with Crippen molar-refractivity contribution in [2.75, 3.05) is 19.6 Å². The van der Waals surface area contributed by atoms with Gasteiger partial charge in [0.25, 0.3) is 5.91 Å². The average Bonchev–Trinajstić information content (AvgIpc) is 3.52. The van der Waals surface area contributed by atoms with E-state index in [0.29, 0.717) is 51.0 Å². The minimum atomic E-state index is -5.09. The molecule has 0 radical (unpaired) electrons. The van der Waals surface area contributed by atoms with Crippen molar-refractivity contribution in [2.45, 2.75) is 38.4 Å². The number of fused-ring (bicyclic) bond motifs is 1. The van der Waals surface area contributed by atoms with E-state index >= 15 is 0 Å². The first kappa shape index (κ1) is 34.9. The number of nitrogens with one attached hydrogen (secondary N) is 2. The van der Waals surface area contributed by atoms with Crippen molar-refractivity contribution in [3.05, 3.63) is 126 Å². The maximum absolute atomic E-state index is 13.8. The molecule has 4 aromatic carbocycles. The number of nitrogens with two attached hydrogens (primary N) is 1. The third kappa shape index (κ3) is 9.57. The minimum absolute atomic E-state index is 0.0532. The molecular weight excluding hydrogens is 633 g/mol. The second kappa shape index (κ2) is 16.1. The highest BCUT2D eigenvalue weighted by atomic mass is 19.4. The van der Waals surface area contributed by atoms with Crippen LogP contribution in [-0.4, -0.2) is 53.5 Å². The van der Waals surface area contributed by atoms with Crippen LogP contribution < -0.4 is 15.8 Å². The van der Waals surface area contributed by atoms with Gasteiger partial charge in [-0.2, -0.15) is 13.2 Å². The summed E-state index contributed by atoms with van der Waals surface area (Å²) in [5.41, 5.74) is 11.5. The molecule has 0 aliphatic rings. The van der Waals surface area contributed by atoms with Crippen LogP contribution in [0.2, 0.25) is 0 Å². The van der Waals surface area contributed by atoms with Gasteiger partial charge in [0.15, 0.2) is 0 Å². The molecule has 0 spiro atoms. The highest BCUT2D eigenvalue weighted by Gasteiger charge is 2.41. The van der Waals surface area contributed by atoms with Crippen LogP contribution in [0.4, 0.5) is 13.2 Å².